The van der Waals surface area contributed by atoms with Crippen molar-refractivity contribution in [1.82, 2.24) is 9.55 Å². The Kier molecular flexibility index (Phi) is 3.40. The van der Waals surface area contributed by atoms with Crippen LogP contribution in [0.15, 0.2) is 18.2 Å². The summed E-state index contributed by atoms with van der Waals surface area (Å²) in [6.45, 7) is 3.31. The summed E-state index contributed by atoms with van der Waals surface area (Å²) in [5.41, 5.74) is 7.94. The van der Waals surface area contributed by atoms with Crippen molar-refractivity contribution in [1.29, 1.82) is 0 Å². The first-order valence-electron chi connectivity index (χ1n) is 7.05. The third kappa shape index (κ3) is 2.44. The van der Waals surface area contributed by atoms with Crippen LogP contribution in [0.2, 0.25) is 5.02 Å². The lowest BCUT2D eigenvalue weighted by molar-refractivity contribution is 0.267. The molecule has 0 radical (unpaired) electrons. The average Bonchev–Trinajstić information content (AvgIpc) is 2.71. The van der Waals surface area contributed by atoms with Crippen molar-refractivity contribution in [2.24, 2.45) is 11.8 Å². The van der Waals surface area contributed by atoms with Crippen molar-refractivity contribution in [3.63, 3.8) is 0 Å². The first-order valence-corrected chi connectivity index (χ1v) is 7.43. The lowest BCUT2D eigenvalue weighted by Crippen LogP contribution is -2.18. The molecule has 0 aliphatic heterocycles. The summed E-state index contributed by atoms with van der Waals surface area (Å²) in [5.74, 6) is 2.18. The van der Waals surface area contributed by atoms with Crippen molar-refractivity contribution in [3.05, 3.63) is 23.2 Å². The molecule has 4 heteroatoms. The molecule has 0 saturated heterocycles. The molecule has 2 aromatic rings. The number of halogens is 1. The summed E-state index contributed by atoms with van der Waals surface area (Å²) in [7, 11) is 0. The van der Waals surface area contributed by atoms with Gasteiger partial charge in [-0.2, -0.15) is 0 Å². The monoisotopic (exact) mass is 277 g/mol. The third-order valence-electron chi connectivity index (χ3n) is 4.34. The fourth-order valence-corrected chi connectivity index (χ4v) is 3.30. The highest BCUT2D eigenvalue weighted by atomic mass is 35.5. The van der Waals surface area contributed by atoms with E-state index >= 15 is 0 Å². The van der Waals surface area contributed by atoms with Crippen molar-refractivity contribution >= 4 is 28.6 Å². The number of nitrogens with two attached hydrogens (primary N) is 1. The second-order valence-corrected chi connectivity index (χ2v) is 6.22. The molecule has 1 aromatic carbocycles. The lowest BCUT2D eigenvalue weighted by Gasteiger charge is -2.26. The summed E-state index contributed by atoms with van der Waals surface area (Å²) in [5, 5.41) is 0.681. The predicted octanol–water partition coefficient (Wildman–Crippen LogP) is 4.10. The van der Waals surface area contributed by atoms with Gasteiger partial charge in [-0.05, 0) is 36.8 Å². The number of aromatic nitrogens is 2. The molecule has 3 rings (SSSR count). The maximum atomic E-state index is 6.17. The lowest BCUT2D eigenvalue weighted by atomic mass is 9.83. The quantitative estimate of drug-likeness (QED) is 0.898. The highest BCUT2D eigenvalue weighted by Gasteiger charge is 2.20. The molecule has 3 nitrogen and oxygen atoms in total. The molecular formula is C15H20ClN3. The Balaban J connectivity index is 1.88. The van der Waals surface area contributed by atoms with E-state index in [1.165, 1.54) is 25.7 Å². The van der Waals surface area contributed by atoms with Crippen LogP contribution in [0.5, 0.6) is 0 Å². The highest BCUT2D eigenvalue weighted by Crippen LogP contribution is 2.32. The minimum atomic E-state index is 0.585. The molecule has 1 saturated carbocycles. The summed E-state index contributed by atoms with van der Waals surface area (Å²) in [4.78, 5) is 4.40. The molecule has 1 aromatic heterocycles. The second kappa shape index (κ2) is 5.04. The molecule has 0 spiro atoms. The molecule has 0 unspecified atom stereocenters. The fraction of sp³-hybridized carbons (Fsp3) is 0.533. The van der Waals surface area contributed by atoms with E-state index in [0.717, 1.165) is 29.4 Å². The Morgan fingerprint density at radius 1 is 1.32 bits per heavy atom. The number of para-hydroxylation sites is 1. The van der Waals surface area contributed by atoms with E-state index in [-0.39, 0.29) is 0 Å². The van der Waals surface area contributed by atoms with E-state index in [2.05, 4.69) is 22.5 Å². The van der Waals surface area contributed by atoms with Gasteiger partial charge < -0.3 is 10.3 Å². The zero-order chi connectivity index (χ0) is 13.4. The molecule has 1 aliphatic rings. The van der Waals surface area contributed by atoms with Crippen LogP contribution in [-0.4, -0.2) is 9.55 Å². The third-order valence-corrected chi connectivity index (χ3v) is 4.64. The van der Waals surface area contributed by atoms with Crippen LogP contribution in [0.4, 0.5) is 5.95 Å². The molecule has 1 fully saturated rings. The number of rotatable bonds is 2. The van der Waals surface area contributed by atoms with Crippen molar-refractivity contribution in [2.75, 3.05) is 5.73 Å². The van der Waals surface area contributed by atoms with Crippen LogP contribution in [0.25, 0.3) is 11.0 Å². The molecular weight excluding hydrogens is 258 g/mol. The molecule has 0 atom stereocenters. The topological polar surface area (TPSA) is 43.8 Å². The van der Waals surface area contributed by atoms with Crippen LogP contribution in [0.3, 0.4) is 0 Å². The number of hydrogen-bond acceptors (Lipinski definition) is 2. The molecule has 0 amide bonds. The number of imidazole rings is 1. The molecule has 102 valence electrons. The van der Waals surface area contributed by atoms with Gasteiger partial charge in [0.25, 0.3) is 0 Å². The number of anilines is 1. The Bertz CT molecular complexity index is 582. The summed E-state index contributed by atoms with van der Waals surface area (Å²) >= 11 is 6.17. The van der Waals surface area contributed by atoms with E-state index in [1.807, 2.05) is 12.1 Å². The number of hydrogen-bond donors (Lipinski definition) is 1. The molecule has 0 bridgehead atoms. The summed E-state index contributed by atoms with van der Waals surface area (Å²) < 4.78 is 2.13. The Morgan fingerprint density at radius 3 is 2.79 bits per heavy atom. The van der Waals surface area contributed by atoms with Gasteiger partial charge in [-0.15, -0.1) is 0 Å². The van der Waals surface area contributed by atoms with Crippen LogP contribution in [0, 0.1) is 11.8 Å². The summed E-state index contributed by atoms with van der Waals surface area (Å²) in [6.07, 6.45) is 5.25. The smallest absolute Gasteiger partial charge is 0.201 e. The molecule has 1 heterocycles. The standard InChI is InChI=1S/C15H20ClN3/c1-10-5-7-11(8-6-10)9-19-13-4-2-3-12(16)14(13)18-15(19)17/h2-4,10-11H,5-9H2,1H3,(H2,17,18). The van der Waals surface area contributed by atoms with Gasteiger partial charge in [0.05, 0.1) is 10.5 Å². The van der Waals surface area contributed by atoms with E-state index in [1.54, 1.807) is 0 Å². The maximum absolute atomic E-state index is 6.17. The minimum Gasteiger partial charge on any atom is -0.369 e. The van der Waals surface area contributed by atoms with Crippen molar-refractivity contribution < 1.29 is 0 Å². The van der Waals surface area contributed by atoms with Crippen LogP contribution >= 0.6 is 11.6 Å². The zero-order valence-electron chi connectivity index (χ0n) is 11.3. The maximum Gasteiger partial charge on any atom is 0.201 e. The van der Waals surface area contributed by atoms with E-state index < -0.39 is 0 Å². The molecule has 1 aliphatic carbocycles. The van der Waals surface area contributed by atoms with Gasteiger partial charge in [0.1, 0.15) is 5.52 Å². The predicted molar refractivity (Wildman–Crippen MR) is 80.3 cm³/mol. The number of nitrogen functional groups attached to an aromatic ring is 1. The van der Waals surface area contributed by atoms with Crippen molar-refractivity contribution in [3.8, 4) is 0 Å². The first kappa shape index (κ1) is 12.8. The van der Waals surface area contributed by atoms with Gasteiger partial charge in [0.15, 0.2) is 0 Å². The van der Waals surface area contributed by atoms with Gasteiger partial charge in [0.2, 0.25) is 5.95 Å². The Hall–Kier alpha value is -1.22. The fourth-order valence-electron chi connectivity index (χ4n) is 3.09. The van der Waals surface area contributed by atoms with Crippen LogP contribution in [0.1, 0.15) is 32.6 Å². The largest absolute Gasteiger partial charge is 0.369 e. The van der Waals surface area contributed by atoms with E-state index in [4.69, 9.17) is 17.3 Å². The number of fused-ring (bicyclic) bond motifs is 1. The molecule has 2 N–H and O–H groups in total. The highest BCUT2D eigenvalue weighted by molar-refractivity contribution is 6.35. The normalized spacial score (nSPS) is 23.9. The average molecular weight is 278 g/mol. The summed E-state index contributed by atoms with van der Waals surface area (Å²) in [6, 6.07) is 5.88. The number of benzene rings is 1. The Morgan fingerprint density at radius 2 is 2.05 bits per heavy atom. The molecule has 19 heavy (non-hydrogen) atoms. The SMILES string of the molecule is CC1CCC(Cn2c(N)nc3c(Cl)cccc32)CC1. The zero-order valence-corrected chi connectivity index (χ0v) is 12.0. The van der Waals surface area contributed by atoms with Crippen molar-refractivity contribution in [2.45, 2.75) is 39.2 Å². The minimum absolute atomic E-state index is 0.585. The van der Waals surface area contributed by atoms with E-state index in [0.29, 0.717) is 11.0 Å². The van der Waals surface area contributed by atoms with Crippen LogP contribution < -0.4 is 5.73 Å². The van der Waals surface area contributed by atoms with Gasteiger partial charge in [-0.25, -0.2) is 4.98 Å². The van der Waals surface area contributed by atoms with Gasteiger partial charge in [0, 0.05) is 6.54 Å². The van der Waals surface area contributed by atoms with Crippen LogP contribution in [-0.2, 0) is 6.54 Å². The van der Waals surface area contributed by atoms with Gasteiger partial charge >= 0.3 is 0 Å². The Labute approximate surface area is 118 Å². The van der Waals surface area contributed by atoms with Gasteiger partial charge in [-0.3, -0.25) is 0 Å². The second-order valence-electron chi connectivity index (χ2n) is 5.81. The first-order chi connectivity index (χ1) is 9.15. The number of nitrogens with zero attached hydrogens (tertiary/aromatic N) is 2. The van der Waals surface area contributed by atoms with Gasteiger partial charge in [-0.1, -0.05) is 37.4 Å². The van der Waals surface area contributed by atoms with E-state index in [9.17, 15) is 0 Å².